The zero-order chi connectivity index (χ0) is 20.1. The summed E-state index contributed by atoms with van der Waals surface area (Å²) in [6, 6.07) is 13.1. The lowest BCUT2D eigenvalue weighted by Crippen LogP contribution is -2.45. The highest BCUT2D eigenvalue weighted by Gasteiger charge is 2.39. The van der Waals surface area contributed by atoms with Gasteiger partial charge in [0.2, 0.25) is 5.88 Å². The summed E-state index contributed by atoms with van der Waals surface area (Å²) in [7, 11) is 0. The number of pyridine rings is 1. The van der Waals surface area contributed by atoms with Crippen molar-refractivity contribution in [2.75, 3.05) is 5.01 Å². The first-order chi connectivity index (χ1) is 13.3. The van der Waals surface area contributed by atoms with Gasteiger partial charge in [0.1, 0.15) is 6.61 Å². The van der Waals surface area contributed by atoms with Crippen molar-refractivity contribution in [2.24, 2.45) is 5.84 Å². The largest absolute Gasteiger partial charge is 0.473 e. The number of anilines is 1. The molecule has 1 amide bonds. The Morgan fingerprint density at radius 3 is 2.39 bits per heavy atom. The van der Waals surface area contributed by atoms with E-state index in [1.54, 1.807) is 18.3 Å². The van der Waals surface area contributed by atoms with E-state index in [1.807, 2.05) is 46.3 Å². The molecular formula is C18H14BrF2N5O2. The average molecular weight is 450 g/mol. The highest BCUT2D eigenvalue weighted by molar-refractivity contribution is 9.10. The van der Waals surface area contributed by atoms with Gasteiger partial charge in [-0.1, -0.05) is 30.3 Å². The summed E-state index contributed by atoms with van der Waals surface area (Å²) in [5.41, 5.74) is 2.08. The molecule has 0 unspecified atom stereocenters. The molecule has 0 saturated heterocycles. The van der Waals surface area contributed by atoms with Crippen LogP contribution in [0.25, 0.3) is 11.3 Å². The van der Waals surface area contributed by atoms with E-state index in [2.05, 4.69) is 15.0 Å². The maximum atomic E-state index is 13.0. The highest BCUT2D eigenvalue weighted by Crippen LogP contribution is 2.25. The number of amides is 1. The molecule has 2 heterocycles. The minimum atomic E-state index is -3.79. The SMILES string of the molecule is NN(C(=O)C(F)(F)Br)c1cnc(-c2ccc(OCc3ccccc3)nc2)cn1. The van der Waals surface area contributed by atoms with E-state index in [9.17, 15) is 13.6 Å². The Bertz CT molecular complexity index is 935. The van der Waals surface area contributed by atoms with Gasteiger partial charge >= 0.3 is 10.7 Å². The Labute approximate surface area is 167 Å². The Morgan fingerprint density at radius 1 is 1.07 bits per heavy atom. The summed E-state index contributed by atoms with van der Waals surface area (Å²) in [6.45, 7) is 0.389. The molecule has 28 heavy (non-hydrogen) atoms. The number of carbonyl (C=O) groups excluding carboxylic acids is 1. The summed E-state index contributed by atoms with van der Waals surface area (Å²) in [4.78, 5) is 19.8. The maximum Gasteiger partial charge on any atom is 0.379 e. The van der Waals surface area contributed by atoms with Crippen LogP contribution in [0.1, 0.15) is 5.56 Å². The molecule has 7 nitrogen and oxygen atoms in total. The van der Waals surface area contributed by atoms with Crippen molar-refractivity contribution in [2.45, 2.75) is 11.4 Å². The van der Waals surface area contributed by atoms with E-state index >= 15 is 0 Å². The standard InChI is InChI=1S/C18H14BrF2N5O2/c19-18(20,21)17(27)26(22)15-10-23-14(9-24-15)13-6-7-16(25-8-13)28-11-12-4-2-1-3-5-12/h1-10H,11,22H2. The van der Waals surface area contributed by atoms with Gasteiger partial charge < -0.3 is 4.74 Å². The minimum absolute atomic E-state index is 0.219. The molecular weight excluding hydrogens is 436 g/mol. The molecule has 144 valence electrons. The first-order valence-corrected chi connectivity index (χ1v) is 8.75. The molecule has 0 aliphatic carbocycles. The van der Waals surface area contributed by atoms with Crippen LogP contribution in [0.4, 0.5) is 14.6 Å². The lowest BCUT2D eigenvalue weighted by atomic mass is 10.2. The highest BCUT2D eigenvalue weighted by atomic mass is 79.9. The first kappa shape index (κ1) is 19.8. The van der Waals surface area contributed by atoms with Crippen molar-refractivity contribution >= 4 is 27.7 Å². The Morgan fingerprint density at radius 2 is 1.82 bits per heavy atom. The number of hydrazine groups is 1. The molecule has 2 aromatic heterocycles. The van der Waals surface area contributed by atoms with E-state index in [1.165, 1.54) is 6.20 Å². The number of benzene rings is 1. The van der Waals surface area contributed by atoms with E-state index in [4.69, 9.17) is 10.6 Å². The number of hydrogen-bond acceptors (Lipinski definition) is 6. The van der Waals surface area contributed by atoms with Gasteiger partial charge in [-0.15, -0.1) is 0 Å². The van der Waals surface area contributed by atoms with E-state index in [-0.39, 0.29) is 10.8 Å². The van der Waals surface area contributed by atoms with Crippen LogP contribution in [0.15, 0.2) is 61.1 Å². The summed E-state index contributed by atoms with van der Waals surface area (Å²) in [6.07, 6.45) is 3.96. The summed E-state index contributed by atoms with van der Waals surface area (Å²) < 4.78 is 31.6. The van der Waals surface area contributed by atoms with E-state index < -0.39 is 10.7 Å². The molecule has 1 aromatic carbocycles. The molecule has 0 fully saturated rings. The molecule has 2 N–H and O–H groups in total. The lowest BCUT2D eigenvalue weighted by molar-refractivity contribution is -0.131. The number of carbonyl (C=O) groups is 1. The van der Waals surface area contributed by atoms with Crippen LogP contribution < -0.4 is 15.6 Å². The van der Waals surface area contributed by atoms with Crippen molar-refractivity contribution in [3.8, 4) is 17.1 Å². The summed E-state index contributed by atoms with van der Waals surface area (Å²) in [5, 5.41) is 0.226. The molecule has 0 spiro atoms. The second kappa shape index (κ2) is 8.36. The van der Waals surface area contributed by atoms with Gasteiger partial charge in [-0.3, -0.25) is 9.78 Å². The zero-order valence-corrected chi connectivity index (χ0v) is 15.9. The average Bonchev–Trinajstić information content (AvgIpc) is 2.72. The smallest absolute Gasteiger partial charge is 0.379 e. The fourth-order valence-corrected chi connectivity index (χ4v) is 2.38. The van der Waals surface area contributed by atoms with E-state index in [0.29, 0.717) is 23.7 Å². The quantitative estimate of drug-likeness (QED) is 0.268. The molecule has 0 aliphatic rings. The second-order valence-electron chi connectivity index (χ2n) is 5.59. The van der Waals surface area contributed by atoms with Gasteiger partial charge in [0, 0.05) is 33.8 Å². The minimum Gasteiger partial charge on any atom is -0.473 e. The fourth-order valence-electron chi connectivity index (χ4n) is 2.18. The monoisotopic (exact) mass is 449 g/mol. The third kappa shape index (κ3) is 4.84. The van der Waals surface area contributed by atoms with Gasteiger partial charge in [-0.25, -0.2) is 20.8 Å². The van der Waals surface area contributed by atoms with E-state index in [0.717, 1.165) is 11.8 Å². The van der Waals surface area contributed by atoms with Crippen LogP contribution >= 0.6 is 15.9 Å². The van der Waals surface area contributed by atoms with Crippen LogP contribution in [-0.2, 0) is 11.4 Å². The predicted molar refractivity (Wildman–Crippen MR) is 102 cm³/mol. The normalized spacial score (nSPS) is 11.1. The molecule has 0 aliphatic heterocycles. The predicted octanol–water partition coefficient (Wildman–Crippen LogP) is 3.31. The Hall–Kier alpha value is -2.98. The number of alkyl halides is 3. The van der Waals surface area contributed by atoms with Crippen LogP contribution in [0.2, 0.25) is 0 Å². The van der Waals surface area contributed by atoms with Crippen molar-refractivity contribution in [1.29, 1.82) is 0 Å². The number of ether oxygens (including phenoxy) is 1. The van der Waals surface area contributed by atoms with Crippen LogP contribution in [0.5, 0.6) is 5.88 Å². The number of aromatic nitrogens is 3. The molecule has 0 radical (unpaired) electrons. The van der Waals surface area contributed by atoms with Gasteiger partial charge in [-0.2, -0.15) is 8.78 Å². The third-order valence-electron chi connectivity index (χ3n) is 3.61. The molecule has 10 heteroatoms. The van der Waals surface area contributed by atoms with Crippen LogP contribution in [0, 0.1) is 0 Å². The zero-order valence-electron chi connectivity index (χ0n) is 14.3. The van der Waals surface area contributed by atoms with Crippen molar-refractivity contribution in [1.82, 2.24) is 15.0 Å². The molecule has 0 saturated carbocycles. The number of nitrogens with zero attached hydrogens (tertiary/aromatic N) is 4. The Kier molecular flexibility index (Phi) is 5.90. The number of hydrogen-bond donors (Lipinski definition) is 1. The van der Waals surface area contributed by atoms with Crippen molar-refractivity contribution < 1.29 is 18.3 Å². The van der Waals surface area contributed by atoms with Gasteiger partial charge in [0.05, 0.1) is 18.1 Å². The van der Waals surface area contributed by atoms with Gasteiger partial charge in [0.25, 0.3) is 0 Å². The molecule has 3 aromatic rings. The lowest BCUT2D eigenvalue weighted by Gasteiger charge is -2.17. The van der Waals surface area contributed by atoms with Gasteiger partial charge in [-0.05, 0) is 11.6 Å². The summed E-state index contributed by atoms with van der Waals surface area (Å²) >= 11 is 1.95. The number of halogens is 3. The topological polar surface area (TPSA) is 94.2 Å². The van der Waals surface area contributed by atoms with Crippen molar-refractivity contribution in [3.63, 3.8) is 0 Å². The van der Waals surface area contributed by atoms with Crippen LogP contribution in [0.3, 0.4) is 0 Å². The third-order valence-corrected chi connectivity index (χ3v) is 3.95. The number of nitrogens with two attached hydrogens (primary N) is 1. The first-order valence-electron chi connectivity index (χ1n) is 7.96. The van der Waals surface area contributed by atoms with Crippen molar-refractivity contribution in [3.05, 3.63) is 66.6 Å². The Balaban J connectivity index is 1.66. The number of rotatable bonds is 6. The maximum absolute atomic E-state index is 13.0. The second-order valence-corrected chi connectivity index (χ2v) is 6.59. The van der Waals surface area contributed by atoms with Crippen LogP contribution in [-0.4, -0.2) is 25.7 Å². The van der Waals surface area contributed by atoms with Gasteiger partial charge in [0.15, 0.2) is 5.82 Å². The summed E-state index contributed by atoms with van der Waals surface area (Å²) in [5.74, 6) is 3.92. The molecule has 3 rings (SSSR count). The fraction of sp³-hybridized carbons (Fsp3) is 0.111. The molecule has 0 bridgehead atoms. The molecule has 0 atom stereocenters.